The number of hydrogen-bond donors (Lipinski definition) is 0. The van der Waals surface area contributed by atoms with E-state index in [0.717, 1.165) is 4.60 Å². The van der Waals surface area contributed by atoms with Crippen molar-refractivity contribution in [2.75, 3.05) is 0 Å². The molecule has 1 nitrogen and oxygen atoms in total. The van der Waals surface area contributed by atoms with Gasteiger partial charge in [0.1, 0.15) is 0 Å². The van der Waals surface area contributed by atoms with E-state index < -0.39 is 0 Å². The minimum absolute atomic E-state index is 1.13. The summed E-state index contributed by atoms with van der Waals surface area (Å²) in [6.07, 6.45) is 0. The average Bonchev–Trinajstić information content (AvgIpc) is 1.98. The molecule has 0 unspecified atom stereocenters. The van der Waals surface area contributed by atoms with Crippen LogP contribution in [0.4, 0.5) is 0 Å². The van der Waals surface area contributed by atoms with E-state index in [-0.39, 0.29) is 0 Å². The molecular formula is C5H7BBrN. The summed E-state index contributed by atoms with van der Waals surface area (Å²) in [5, 5.41) is 0. The molecule has 1 heterocycles. The van der Waals surface area contributed by atoms with E-state index in [9.17, 15) is 0 Å². The van der Waals surface area contributed by atoms with E-state index in [2.05, 4.69) is 34.4 Å². The zero-order valence-electron chi connectivity index (χ0n) is 4.98. The number of nitrogens with zero attached hydrogens (tertiary/aromatic N) is 1. The molecule has 42 valence electrons. The summed E-state index contributed by atoms with van der Waals surface area (Å²) < 4.78 is 3.22. The van der Waals surface area contributed by atoms with Crippen LogP contribution in [0.2, 0.25) is 0 Å². The molecule has 0 saturated carbocycles. The highest BCUT2D eigenvalue weighted by Crippen LogP contribution is 2.04. The monoisotopic (exact) mass is 171 g/mol. The smallest absolute Gasteiger partial charge is 0.161 e. The molecule has 0 spiro atoms. The van der Waals surface area contributed by atoms with Crippen LogP contribution in [0.15, 0.2) is 16.7 Å². The summed E-state index contributed by atoms with van der Waals surface area (Å²) in [4.78, 5) is 0. The Hall–Kier alpha value is -0.175. The van der Waals surface area contributed by atoms with Gasteiger partial charge in [-0.05, 0) is 27.6 Å². The number of halogens is 1. The molecule has 0 atom stereocenters. The number of rotatable bonds is 0. The Morgan fingerprint density at radius 2 is 2.25 bits per heavy atom. The van der Waals surface area contributed by atoms with Crippen molar-refractivity contribution in [1.82, 2.24) is 4.57 Å². The van der Waals surface area contributed by atoms with Gasteiger partial charge in [-0.2, -0.15) is 0 Å². The van der Waals surface area contributed by atoms with E-state index in [0.29, 0.717) is 0 Å². The van der Waals surface area contributed by atoms with Crippen LogP contribution in [-0.2, 0) is 7.05 Å². The van der Waals surface area contributed by atoms with Gasteiger partial charge in [0.2, 0.25) is 0 Å². The summed E-state index contributed by atoms with van der Waals surface area (Å²) >= 11 is 3.38. The molecule has 1 aromatic heterocycles. The van der Waals surface area contributed by atoms with Gasteiger partial charge < -0.3 is 4.57 Å². The fourth-order valence-electron chi connectivity index (χ4n) is 0.581. The molecule has 0 fully saturated rings. The van der Waals surface area contributed by atoms with Gasteiger partial charge in [0.25, 0.3) is 0 Å². The Kier molecular flexibility index (Phi) is 1.47. The minimum atomic E-state index is 1.13. The maximum absolute atomic E-state index is 3.38. The number of aromatic nitrogens is 1. The predicted octanol–water partition coefficient (Wildman–Crippen LogP) is 0.0460. The molecule has 0 amide bonds. The molecule has 0 radical (unpaired) electrons. The third-order valence-corrected chi connectivity index (χ3v) is 2.11. The fraction of sp³-hybridized carbons (Fsp3) is 0.200. The molecule has 0 aromatic carbocycles. The van der Waals surface area contributed by atoms with E-state index >= 15 is 0 Å². The van der Waals surface area contributed by atoms with Crippen molar-refractivity contribution in [2.24, 2.45) is 7.05 Å². The SMILES string of the molecule is Bc1ccc(Br)n1C. The highest BCUT2D eigenvalue weighted by molar-refractivity contribution is 9.10. The van der Waals surface area contributed by atoms with Gasteiger partial charge in [0.05, 0.1) is 4.60 Å². The van der Waals surface area contributed by atoms with Gasteiger partial charge in [-0.1, -0.05) is 6.07 Å². The van der Waals surface area contributed by atoms with Crippen LogP contribution < -0.4 is 5.59 Å². The summed E-state index contributed by atoms with van der Waals surface area (Å²) in [5.74, 6) is 0. The Morgan fingerprint density at radius 3 is 2.38 bits per heavy atom. The standard InChI is InChI=1S/C5H7BBrN/c1-8-4(6)2-3-5(8)7/h2-3H,6H2,1H3. The highest BCUT2D eigenvalue weighted by atomic mass is 79.9. The van der Waals surface area contributed by atoms with Crippen molar-refractivity contribution >= 4 is 29.4 Å². The van der Waals surface area contributed by atoms with E-state index in [1.165, 1.54) is 5.59 Å². The molecule has 0 aliphatic rings. The lowest BCUT2D eigenvalue weighted by atomic mass is 10.1. The Labute approximate surface area is 58.2 Å². The zero-order valence-corrected chi connectivity index (χ0v) is 6.57. The Bertz CT molecular complexity index is 175. The molecule has 0 aliphatic carbocycles. The van der Waals surface area contributed by atoms with Gasteiger partial charge in [-0.25, -0.2) is 0 Å². The molecule has 1 aromatic rings. The molecule has 0 aliphatic heterocycles. The molecule has 0 N–H and O–H groups in total. The van der Waals surface area contributed by atoms with Crippen molar-refractivity contribution in [2.45, 2.75) is 0 Å². The lowest BCUT2D eigenvalue weighted by molar-refractivity contribution is 0.931. The van der Waals surface area contributed by atoms with Crippen LogP contribution in [0.25, 0.3) is 0 Å². The third kappa shape index (κ3) is 0.824. The summed E-state index contributed by atoms with van der Waals surface area (Å²) in [7, 11) is 4.10. The summed E-state index contributed by atoms with van der Waals surface area (Å²) in [5.41, 5.74) is 1.27. The first-order valence-electron chi connectivity index (χ1n) is 2.49. The molecular weight excluding hydrogens is 165 g/mol. The van der Waals surface area contributed by atoms with Gasteiger partial charge in [-0.3, -0.25) is 0 Å². The number of hydrogen-bond acceptors (Lipinski definition) is 0. The maximum Gasteiger partial charge on any atom is 0.161 e. The normalized spacial score (nSPS) is 9.75. The van der Waals surface area contributed by atoms with Gasteiger partial charge in [-0.15, -0.1) is 0 Å². The van der Waals surface area contributed by atoms with Crippen LogP contribution in [0, 0.1) is 0 Å². The lowest BCUT2D eigenvalue weighted by Crippen LogP contribution is -2.12. The third-order valence-electron chi connectivity index (χ3n) is 1.31. The van der Waals surface area contributed by atoms with Gasteiger partial charge in [0.15, 0.2) is 7.85 Å². The Morgan fingerprint density at radius 1 is 1.62 bits per heavy atom. The van der Waals surface area contributed by atoms with E-state index in [4.69, 9.17) is 0 Å². The van der Waals surface area contributed by atoms with Crippen LogP contribution in [0.5, 0.6) is 0 Å². The van der Waals surface area contributed by atoms with Gasteiger partial charge in [0, 0.05) is 7.05 Å². The van der Waals surface area contributed by atoms with Gasteiger partial charge >= 0.3 is 0 Å². The van der Waals surface area contributed by atoms with E-state index in [1.54, 1.807) is 0 Å². The minimum Gasteiger partial charge on any atom is -0.352 e. The summed E-state index contributed by atoms with van der Waals surface area (Å²) in [6.45, 7) is 0. The van der Waals surface area contributed by atoms with Crippen molar-refractivity contribution < 1.29 is 0 Å². The topological polar surface area (TPSA) is 4.93 Å². The fourth-order valence-corrected chi connectivity index (χ4v) is 0.993. The quantitative estimate of drug-likeness (QED) is 0.487. The lowest BCUT2D eigenvalue weighted by Gasteiger charge is -1.95. The van der Waals surface area contributed by atoms with Crippen molar-refractivity contribution in [3.05, 3.63) is 16.7 Å². The highest BCUT2D eigenvalue weighted by Gasteiger charge is 1.92. The second-order valence-electron chi connectivity index (χ2n) is 1.86. The molecule has 1 rings (SSSR count). The van der Waals surface area contributed by atoms with E-state index in [1.807, 2.05) is 13.1 Å². The van der Waals surface area contributed by atoms with Crippen LogP contribution >= 0.6 is 15.9 Å². The zero-order chi connectivity index (χ0) is 6.15. The molecule has 0 bridgehead atoms. The van der Waals surface area contributed by atoms with Crippen LogP contribution in [-0.4, -0.2) is 12.4 Å². The maximum atomic E-state index is 3.38. The predicted molar refractivity (Wildman–Crippen MR) is 41.3 cm³/mol. The molecule has 8 heavy (non-hydrogen) atoms. The first-order chi connectivity index (χ1) is 3.72. The molecule has 3 heteroatoms. The van der Waals surface area contributed by atoms with Crippen LogP contribution in [0.3, 0.4) is 0 Å². The first kappa shape index (κ1) is 5.95. The van der Waals surface area contributed by atoms with Crippen LogP contribution in [0.1, 0.15) is 0 Å². The van der Waals surface area contributed by atoms with Crippen molar-refractivity contribution in [3.8, 4) is 0 Å². The second-order valence-corrected chi connectivity index (χ2v) is 2.67. The largest absolute Gasteiger partial charge is 0.352 e. The molecule has 0 saturated heterocycles. The second kappa shape index (κ2) is 1.98. The summed E-state index contributed by atoms with van der Waals surface area (Å²) in [6, 6.07) is 4.11. The first-order valence-corrected chi connectivity index (χ1v) is 3.29. The van der Waals surface area contributed by atoms with Crippen molar-refractivity contribution in [3.63, 3.8) is 0 Å². The van der Waals surface area contributed by atoms with Crippen molar-refractivity contribution in [1.29, 1.82) is 0 Å². The average molecular weight is 172 g/mol. The Balaban J connectivity index is 3.19.